The van der Waals surface area contributed by atoms with Gasteiger partial charge in [0.05, 0.1) is 12.5 Å². The van der Waals surface area contributed by atoms with Crippen LogP contribution in [0.5, 0.6) is 0 Å². The fraction of sp³-hybridized carbons (Fsp3) is 0.217. The summed E-state index contributed by atoms with van der Waals surface area (Å²) in [6.45, 7) is 1.99. The van der Waals surface area contributed by atoms with E-state index in [1.807, 2.05) is 13.0 Å². The van der Waals surface area contributed by atoms with Crippen molar-refractivity contribution in [3.63, 3.8) is 0 Å². The normalized spacial score (nSPS) is 14.0. The van der Waals surface area contributed by atoms with Gasteiger partial charge in [0, 0.05) is 4.47 Å². The lowest BCUT2D eigenvalue weighted by Gasteiger charge is -2.25. The van der Waals surface area contributed by atoms with Crippen LogP contribution in [-0.2, 0) is 19.3 Å². The molecular weight excluding hydrogens is 372 g/mol. The highest BCUT2D eigenvalue weighted by atomic mass is 79.9. The Balaban J connectivity index is 0.000000223. The second-order valence-electron chi connectivity index (χ2n) is 6.67. The molecule has 0 bridgehead atoms. The molecule has 0 atom stereocenters. The van der Waals surface area contributed by atoms with Gasteiger partial charge in [0.2, 0.25) is 0 Å². The Morgan fingerprint density at radius 1 is 0.880 bits per heavy atom. The molecule has 5 rings (SSSR count). The lowest BCUT2D eigenvalue weighted by atomic mass is 9.80. The molecule has 0 saturated carbocycles. The minimum Gasteiger partial charge on any atom is -0.472 e. The number of halogens is 1. The molecule has 0 aliphatic heterocycles. The summed E-state index contributed by atoms with van der Waals surface area (Å²) in [5, 5.41) is 0. The maximum atomic E-state index is 4.71. The number of fused-ring (bicyclic) bond motifs is 5. The molecule has 1 heterocycles. The first kappa shape index (κ1) is 16.4. The monoisotopic (exact) mass is 392 g/mol. The molecule has 0 unspecified atom stereocenters. The minimum absolute atomic E-state index is 1.16. The summed E-state index contributed by atoms with van der Waals surface area (Å²) >= 11 is 3.70. The molecule has 2 aliphatic carbocycles. The van der Waals surface area contributed by atoms with E-state index >= 15 is 0 Å². The number of allylic oxidation sites excluding steroid dienone is 1. The molecule has 1 nitrogen and oxygen atoms in total. The first-order valence-electron chi connectivity index (χ1n) is 8.82. The van der Waals surface area contributed by atoms with Crippen molar-refractivity contribution in [3.05, 3.63) is 87.3 Å². The number of rotatable bonds is 0. The van der Waals surface area contributed by atoms with E-state index in [1.165, 1.54) is 51.6 Å². The second kappa shape index (κ2) is 7.05. The molecule has 2 aliphatic rings. The van der Waals surface area contributed by atoms with Crippen LogP contribution in [0.4, 0.5) is 0 Å². The van der Waals surface area contributed by atoms with Gasteiger partial charge in [-0.15, -0.1) is 0 Å². The van der Waals surface area contributed by atoms with Crippen molar-refractivity contribution in [2.75, 3.05) is 0 Å². The standard InChI is InChI=1S/C18H15Br.C5H6O/c19-18-7-3-6-14-16-9-8-12-4-1-2-5-13(12)15(16)10-11-17(14)18;1-5-2-3-6-4-5/h1,3-4,6-9H,2,5,10-11H2;2-4H,1H3. The number of hydrogen-bond acceptors (Lipinski definition) is 1. The Hall–Kier alpha value is -2.06. The van der Waals surface area contributed by atoms with Crippen LogP contribution in [0.1, 0.15) is 34.2 Å². The predicted molar refractivity (Wildman–Crippen MR) is 108 cm³/mol. The molecule has 0 radical (unpaired) electrons. The first-order valence-corrected chi connectivity index (χ1v) is 9.61. The van der Waals surface area contributed by atoms with E-state index in [0.29, 0.717) is 0 Å². The summed E-state index contributed by atoms with van der Waals surface area (Å²) in [6, 6.07) is 13.1. The quantitative estimate of drug-likeness (QED) is 0.411. The highest BCUT2D eigenvalue weighted by molar-refractivity contribution is 9.10. The molecule has 0 N–H and O–H groups in total. The Morgan fingerprint density at radius 2 is 1.72 bits per heavy atom. The van der Waals surface area contributed by atoms with Crippen LogP contribution in [0.2, 0.25) is 0 Å². The molecule has 2 aromatic carbocycles. The Morgan fingerprint density at radius 3 is 2.48 bits per heavy atom. The zero-order valence-electron chi connectivity index (χ0n) is 14.4. The lowest BCUT2D eigenvalue weighted by Crippen LogP contribution is -2.10. The summed E-state index contributed by atoms with van der Waals surface area (Å²) < 4.78 is 5.97. The third-order valence-corrected chi connectivity index (χ3v) is 5.77. The number of furan rings is 1. The van der Waals surface area contributed by atoms with Gasteiger partial charge in [-0.2, -0.15) is 0 Å². The van der Waals surface area contributed by atoms with Crippen molar-refractivity contribution in [1.29, 1.82) is 0 Å². The second-order valence-corrected chi connectivity index (χ2v) is 7.52. The first-order chi connectivity index (χ1) is 12.2. The maximum absolute atomic E-state index is 4.71. The van der Waals surface area contributed by atoms with Gasteiger partial charge in [-0.3, -0.25) is 0 Å². The lowest BCUT2D eigenvalue weighted by molar-refractivity contribution is 0.565. The van der Waals surface area contributed by atoms with Gasteiger partial charge < -0.3 is 4.42 Å². The van der Waals surface area contributed by atoms with E-state index in [0.717, 1.165) is 6.42 Å². The molecule has 0 spiro atoms. The molecule has 25 heavy (non-hydrogen) atoms. The predicted octanol–water partition coefficient (Wildman–Crippen LogP) is 6.76. The molecular formula is C23H21BrO. The number of benzene rings is 2. The van der Waals surface area contributed by atoms with Crippen LogP contribution < -0.4 is 0 Å². The van der Waals surface area contributed by atoms with E-state index in [-0.39, 0.29) is 0 Å². The van der Waals surface area contributed by atoms with E-state index in [2.05, 4.69) is 58.4 Å². The van der Waals surface area contributed by atoms with E-state index in [4.69, 9.17) is 4.42 Å². The van der Waals surface area contributed by atoms with Gasteiger partial charge in [0.1, 0.15) is 0 Å². The van der Waals surface area contributed by atoms with E-state index in [1.54, 1.807) is 23.7 Å². The zero-order chi connectivity index (χ0) is 17.2. The van der Waals surface area contributed by atoms with Crippen LogP contribution in [0, 0.1) is 6.92 Å². The van der Waals surface area contributed by atoms with E-state index in [9.17, 15) is 0 Å². The topological polar surface area (TPSA) is 13.1 Å². The summed E-state index contributed by atoms with van der Waals surface area (Å²) in [7, 11) is 0. The molecule has 2 heteroatoms. The van der Waals surface area contributed by atoms with Crippen LogP contribution >= 0.6 is 15.9 Å². The summed E-state index contributed by atoms with van der Waals surface area (Å²) in [5.41, 5.74) is 10.1. The average Bonchev–Trinajstić information content (AvgIpc) is 3.13. The third kappa shape index (κ3) is 3.23. The van der Waals surface area contributed by atoms with Crippen molar-refractivity contribution >= 4 is 22.0 Å². The van der Waals surface area contributed by atoms with Gasteiger partial charge in [-0.05, 0) is 83.7 Å². The highest BCUT2D eigenvalue weighted by Crippen LogP contribution is 2.40. The largest absolute Gasteiger partial charge is 0.472 e. The summed E-state index contributed by atoms with van der Waals surface area (Å²) in [4.78, 5) is 0. The molecule has 126 valence electrons. The van der Waals surface area contributed by atoms with Crippen molar-refractivity contribution < 1.29 is 4.42 Å². The van der Waals surface area contributed by atoms with Gasteiger partial charge in [0.15, 0.2) is 0 Å². The van der Waals surface area contributed by atoms with Gasteiger partial charge in [-0.25, -0.2) is 0 Å². The number of hydrogen-bond donors (Lipinski definition) is 0. The van der Waals surface area contributed by atoms with Crippen molar-refractivity contribution in [1.82, 2.24) is 0 Å². The molecule has 0 amide bonds. The summed E-state index contributed by atoms with van der Waals surface area (Å²) in [6.07, 6.45) is 12.7. The number of aryl methyl sites for hydroxylation is 1. The van der Waals surface area contributed by atoms with E-state index < -0.39 is 0 Å². The third-order valence-electron chi connectivity index (χ3n) is 5.02. The molecule has 0 saturated heterocycles. The van der Waals surface area contributed by atoms with Crippen LogP contribution in [-0.4, -0.2) is 0 Å². The summed E-state index contributed by atoms with van der Waals surface area (Å²) in [5.74, 6) is 0. The molecule has 3 aromatic rings. The minimum atomic E-state index is 1.16. The van der Waals surface area contributed by atoms with Crippen molar-refractivity contribution in [3.8, 4) is 11.1 Å². The Bertz CT molecular complexity index is 920. The SMILES string of the molecule is Brc1cccc2c1CCc1c-2ccc2c1CCC=C2.Cc1ccoc1. The Kier molecular flexibility index (Phi) is 4.63. The molecule has 1 aromatic heterocycles. The van der Waals surface area contributed by atoms with Crippen LogP contribution in [0.25, 0.3) is 17.2 Å². The maximum Gasteiger partial charge on any atom is 0.0931 e. The smallest absolute Gasteiger partial charge is 0.0931 e. The van der Waals surface area contributed by atoms with Gasteiger partial charge in [-0.1, -0.05) is 52.3 Å². The Labute approximate surface area is 157 Å². The van der Waals surface area contributed by atoms with Gasteiger partial charge in [0.25, 0.3) is 0 Å². The van der Waals surface area contributed by atoms with Gasteiger partial charge >= 0.3 is 0 Å². The van der Waals surface area contributed by atoms with Crippen molar-refractivity contribution in [2.45, 2.75) is 32.6 Å². The molecule has 0 fully saturated rings. The zero-order valence-corrected chi connectivity index (χ0v) is 16.0. The van der Waals surface area contributed by atoms with Crippen molar-refractivity contribution in [2.24, 2.45) is 0 Å². The van der Waals surface area contributed by atoms with Crippen LogP contribution in [0.15, 0.2) is 63.9 Å². The average molecular weight is 393 g/mol. The fourth-order valence-corrected chi connectivity index (χ4v) is 4.35. The fourth-order valence-electron chi connectivity index (χ4n) is 3.79. The van der Waals surface area contributed by atoms with Crippen LogP contribution in [0.3, 0.4) is 0 Å². The highest BCUT2D eigenvalue weighted by Gasteiger charge is 2.21.